The van der Waals surface area contributed by atoms with Crippen molar-refractivity contribution in [1.29, 1.82) is 0 Å². The quantitative estimate of drug-likeness (QED) is 0.606. The maximum atomic E-state index is 12.7. The summed E-state index contributed by atoms with van der Waals surface area (Å²) in [6.07, 6.45) is 0.763. The number of fused-ring (bicyclic) bond motifs is 1. The first-order chi connectivity index (χ1) is 10.5. The second kappa shape index (κ2) is 5.11. The summed E-state index contributed by atoms with van der Waals surface area (Å²) in [5, 5.41) is 3.51. The second-order valence-corrected chi connectivity index (χ2v) is 7.89. The first-order valence-corrected chi connectivity index (χ1v) is 8.75. The van der Waals surface area contributed by atoms with E-state index in [-0.39, 0.29) is 46.5 Å². The van der Waals surface area contributed by atoms with Gasteiger partial charge in [0.2, 0.25) is 5.91 Å². The van der Waals surface area contributed by atoms with Crippen molar-refractivity contribution in [2.75, 3.05) is 5.32 Å². The number of carbonyl (C=O) groups is 2. The number of alkyl halides is 1. The van der Waals surface area contributed by atoms with Crippen molar-refractivity contribution in [2.45, 2.75) is 17.4 Å². The molecule has 0 spiro atoms. The van der Waals surface area contributed by atoms with Crippen LogP contribution in [-0.2, 0) is 14.3 Å². The zero-order chi connectivity index (χ0) is 15.6. The van der Waals surface area contributed by atoms with Crippen LogP contribution in [0.4, 0.5) is 5.69 Å². The third-order valence-corrected chi connectivity index (χ3v) is 7.05. The summed E-state index contributed by atoms with van der Waals surface area (Å²) in [6, 6.07) is 5.07. The van der Waals surface area contributed by atoms with Crippen LogP contribution in [0.25, 0.3) is 0 Å². The highest BCUT2D eigenvalue weighted by molar-refractivity contribution is 9.09. The Kier molecular flexibility index (Phi) is 3.44. The highest BCUT2D eigenvalue weighted by Gasteiger charge is 2.67. The Bertz CT molecular complexity index is 683. The van der Waals surface area contributed by atoms with Gasteiger partial charge in [-0.05, 0) is 24.5 Å². The molecule has 116 valence electrons. The molecule has 1 aromatic carbocycles. The van der Waals surface area contributed by atoms with E-state index in [9.17, 15) is 9.59 Å². The molecule has 4 rings (SSSR count). The van der Waals surface area contributed by atoms with Crippen molar-refractivity contribution in [3.8, 4) is 0 Å². The van der Waals surface area contributed by atoms with Crippen LogP contribution in [0.15, 0.2) is 18.2 Å². The number of benzene rings is 1. The number of nitrogens with one attached hydrogen (secondary N) is 1. The molecule has 7 heteroatoms. The van der Waals surface area contributed by atoms with E-state index in [1.807, 2.05) is 0 Å². The number of anilines is 1. The first-order valence-electron chi connectivity index (χ1n) is 7.08. The largest absolute Gasteiger partial charge is 0.461 e. The highest BCUT2D eigenvalue weighted by Crippen LogP contribution is 2.60. The Hall–Kier alpha value is -0.780. The van der Waals surface area contributed by atoms with Gasteiger partial charge in [0, 0.05) is 5.92 Å². The fourth-order valence-electron chi connectivity index (χ4n) is 4.15. The lowest BCUT2D eigenvalue weighted by molar-refractivity contribution is -0.145. The topological polar surface area (TPSA) is 55.4 Å². The summed E-state index contributed by atoms with van der Waals surface area (Å²) in [5.74, 6) is -0.894. The van der Waals surface area contributed by atoms with Crippen molar-refractivity contribution in [3.05, 3.63) is 28.2 Å². The molecule has 2 bridgehead atoms. The van der Waals surface area contributed by atoms with Crippen LogP contribution in [0.5, 0.6) is 0 Å². The SMILES string of the molecule is O=C(Nc1cccc(Cl)c1Cl)[C@@H]1[C@H]2C[C@H]3[C@H](OC(=O)[C@H]31)[C@@H]2Br. The smallest absolute Gasteiger partial charge is 0.310 e. The second-order valence-electron chi connectivity index (χ2n) is 6.05. The molecule has 2 aliphatic carbocycles. The van der Waals surface area contributed by atoms with Crippen LogP contribution in [0, 0.1) is 23.7 Å². The van der Waals surface area contributed by atoms with E-state index in [0.717, 1.165) is 6.42 Å². The average molecular weight is 405 g/mol. The van der Waals surface area contributed by atoms with Crippen LogP contribution in [0.3, 0.4) is 0 Å². The molecule has 1 aliphatic heterocycles. The standard InChI is InChI=1S/C15H12BrCl2NO3/c16-11-5-4-6-10(15(21)22-13(6)11)9(5)14(20)19-8-3-1-2-7(17)12(8)18/h1-3,5-6,9-11,13H,4H2,(H,19,20)/t5-,6-,9-,10-,11-,13+/m1/s1. The van der Waals surface area contributed by atoms with Crippen molar-refractivity contribution in [1.82, 2.24) is 0 Å². The molecule has 1 aromatic rings. The molecule has 1 amide bonds. The number of hydrogen-bond donors (Lipinski definition) is 1. The maximum Gasteiger partial charge on any atom is 0.310 e. The van der Waals surface area contributed by atoms with Gasteiger partial charge in [0.05, 0.1) is 32.4 Å². The van der Waals surface area contributed by atoms with Gasteiger partial charge in [0.15, 0.2) is 0 Å². The third-order valence-electron chi connectivity index (χ3n) is 5.04. The lowest BCUT2D eigenvalue weighted by Gasteiger charge is -2.27. The Morgan fingerprint density at radius 1 is 1.32 bits per heavy atom. The van der Waals surface area contributed by atoms with E-state index < -0.39 is 0 Å². The average Bonchev–Trinajstić information content (AvgIpc) is 3.08. The van der Waals surface area contributed by atoms with Crippen molar-refractivity contribution < 1.29 is 14.3 Å². The molecule has 22 heavy (non-hydrogen) atoms. The van der Waals surface area contributed by atoms with Crippen LogP contribution in [0.2, 0.25) is 10.0 Å². The number of rotatable bonds is 2. The molecule has 1 saturated heterocycles. The monoisotopic (exact) mass is 403 g/mol. The van der Waals surface area contributed by atoms with E-state index in [1.165, 1.54) is 0 Å². The molecule has 2 saturated carbocycles. The summed E-state index contributed by atoms with van der Waals surface area (Å²) in [5.41, 5.74) is 0.468. The molecule has 3 aliphatic rings. The molecule has 6 atom stereocenters. The van der Waals surface area contributed by atoms with E-state index >= 15 is 0 Å². The van der Waals surface area contributed by atoms with E-state index in [0.29, 0.717) is 15.7 Å². The summed E-state index contributed by atoms with van der Waals surface area (Å²) < 4.78 is 5.41. The van der Waals surface area contributed by atoms with Gasteiger partial charge in [-0.25, -0.2) is 0 Å². The molecule has 1 heterocycles. The number of carbonyl (C=O) groups excluding carboxylic acids is 2. The van der Waals surface area contributed by atoms with Gasteiger partial charge in [-0.1, -0.05) is 45.2 Å². The van der Waals surface area contributed by atoms with Gasteiger partial charge in [-0.2, -0.15) is 0 Å². The van der Waals surface area contributed by atoms with Gasteiger partial charge in [-0.15, -0.1) is 0 Å². The molecule has 1 N–H and O–H groups in total. The normalized spacial score (nSPS) is 38.2. The van der Waals surface area contributed by atoms with E-state index in [1.54, 1.807) is 18.2 Å². The van der Waals surface area contributed by atoms with Crippen molar-refractivity contribution >= 4 is 56.7 Å². The van der Waals surface area contributed by atoms with Crippen LogP contribution >= 0.6 is 39.1 Å². The van der Waals surface area contributed by atoms with Gasteiger partial charge in [0.25, 0.3) is 0 Å². The predicted octanol–water partition coefficient (Wildman–Crippen LogP) is 3.50. The van der Waals surface area contributed by atoms with Crippen molar-refractivity contribution in [2.24, 2.45) is 23.7 Å². The molecule has 4 nitrogen and oxygen atoms in total. The fraction of sp³-hybridized carbons (Fsp3) is 0.467. The molecule has 3 fully saturated rings. The number of amides is 1. The van der Waals surface area contributed by atoms with Gasteiger partial charge < -0.3 is 10.1 Å². The number of hydrogen-bond acceptors (Lipinski definition) is 3. The van der Waals surface area contributed by atoms with Crippen LogP contribution < -0.4 is 5.32 Å². The minimum absolute atomic E-state index is 0.0470. The fourth-order valence-corrected chi connectivity index (χ4v) is 5.54. The maximum absolute atomic E-state index is 12.7. The van der Waals surface area contributed by atoms with E-state index in [2.05, 4.69) is 21.2 Å². The summed E-state index contributed by atoms with van der Waals surface area (Å²) in [7, 11) is 0. The zero-order valence-electron chi connectivity index (χ0n) is 11.3. The Labute approximate surface area is 145 Å². The third kappa shape index (κ3) is 1.95. The van der Waals surface area contributed by atoms with Gasteiger partial charge in [0.1, 0.15) is 6.10 Å². The zero-order valence-corrected chi connectivity index (χ0v) is 14.4. The predicted molar refractivity (Wildman–Crippen MR) is 86.3 cm³/mol. The molecular weight excluding hydrogens is 393 g/mol. The summed E-state index contributed by atoms with van der Waals surface area (Å²) in [6.45, 7) is 0. The number of halogens is 3. The van der Waals surface area contributed by atoms with Crippen LogP contribution in [0.1, 0.15) is 6.42 Å². The first kappa shape index (κ1) is 14.8. The lowest BCUT2D eigenvalue weighted by atomic mass is 9.79. The summed E-state index contributed by atoms with van der Waals surface area (Å²) >= 11 is 15.7. The lowest BCUT2D eigenvalue weighted by Crippen LogP contribution is -2.40. The number of ether oxygens (including phenoxy) is 1. The summed E-state index contributed by atoms with van der Waals surface area (Å²) in [4.78, 5) is 24.8. The Balaban J connectivity index is 1.61. The minimum Gasteiger partial charge on any atom is -0.461 e. The molecule has 0 unspecified atom stereocenters. The highest BCUT2D eigenvalue weighted by atomic mass is 79.9. The molecule has 0 aromatic heterocycles. The van der Waals surface area contributed by atoms with Crippen LogP contribution in [-0.4, -0.2) is 22.8 Å². The van der Waals surface area contributed by atoms with E-state index in [4.69, 9.17) is 27.9 Å². The molecular formula is C15H12BrCl2NO3. The van der Waals surface area contributed by atoms with Crippen molar-refractivity contribution in [3.63, 3.8) is 0 Å². The Morgan fingerprint density at radius 2 is 2.09 bits per heavy atom. The van der Waals surface area contributed by atoms with Gasteiger partial charge in [-0.3, -0.25) is 9.59 Å². The van der Waals surface area contributed by atoms with Gasteiger partial charge >= 0.3 is 5.97 Å². The minimum atomic E-state index is -0.379. The number of esters is 1. The Morgan fingerprint density at radius 3 is 2.86 bits per heavy atom. The molecule has 0 radical (unpaired) electrons.